The number of carbonyl (C=O) groups is 1. The standard InChI is InChI=1S/C17H25NO3/c1-12(2)21-15-8-5-7-13(10-15)17(20)18-16-9-4-3-6-14(16)11-19/h5,7-8,10,12,14,16,19H,3-4,6,9,11H2,1-2H3,(H,18,20). The van der Waals surface area contributed by atoms with Crippen molar-refractivity contribution in [2.24, 2.45) is 5.92 Å². The van der Waals surface area contributed by atoms with Crippen LogP contribution in [0.1, 0.15) is 49.9 Å². The van der Waals surface area contributed by atoms with E-state index in [4.69, 9.17) is 4.74 Å². The summed E-state index contributed by atoms with van der Waals surface area (Å²) in [6, 6.07) is 7.32. The molecular formula is C17H25NO3. The van der Waals surface area contributed by atoms with Gasteiger partial charge in [-0.2, -0.15) is 0 Å². The van der Waals surface area contributed by atoms with Gasteiger partial charge in [0.1, 0.15) is 5.75 Å². The summed E-state index contributed by atoms with van der Waals surface area (Å²) in [4.78, 5) is 12.4. The molecule has 0 aliphatic heterocycles. The highest BCUT2D eigenvalue weighted by Gasteiger charge is 2.26. The summed E-state index contributed by atoms with van der Waals surface area (Å²) in [5, 5.41) is 12.5. The molecule has 1 fully saturated rings. The molecule has 2 rings (SSSR count). The Labute approximate surface area is 126 Å². The van der Waals surface area contributed by atoms with Crippen molar-refractivity contribution < 1.29 is 14.6 Å². The summed E-state index contributed by atoms with van der Waals surface area (Å²) >= 11 is 0. The fraction of sp³-hybridized carbons (Fsp3) is 0.588. The monoisotopic (exact) mass is 291 g/mol. The van der Waals surface area contributed by atoms with Gasteiger partial charge < -0.3 is 15.2 Å². The van der Waals surface area contributed by atoms with Crippen LogP contribution >= 0.6 is 0 Å². The fourth-order valence-corrected chi connectivity index (χ4v) is 2.85. The maximum Gasteiger partial charge on any atom is 0.251 e. The van der Waals surface area contributed by atoms with E-state index in [0.717, 1.165) is 25.7 Å². The lowest BCUT2D eigenvalue weighted by Gasteiger charge is -2.30. The topological polar surface area (TPSA) is 58.6 Å². The van der Waals surface area contributed by atoms with Crippen LogP contribution in [0.25, 0.3) is 0 Å². The Kier molecular flexibility index (Phi) is 5.62. The predicted molar refractivity (Wildman–Crippen MR) is 82.5 cm³/mol. The van der Waals surface area contributed by atoms with Gasteiger partial charge in [-0.15, -0.1) is 0 Å². The van der Waals surface area contributed by atoms with Gasteiger partial charge in [0.15, 0.2) is 0 Å². The first-order valence-electron chi connectivity index (χ1n) is 7.78. The largest absolute Gasteiger partial charge is 0.491 e. The zero-order valence-corrected chi connectivity index (χ0v) is 12.8. The molecule has 0 spiro atoms. The molecule has 0 bridgehead atoms. The molecule has 0 saturated heterocycles. The molecule has 1 saturated carbocycles. The molecule has 2 unspecified atom stereocenters. The van der Waals surface area contributed by atoms with E-state index in [1.165, 1.54) is 0 Å². The van der Waals surface area contributed by atoms with Crippen LogP contribution in [0.2, 0.25) is 0 Å². The molecule has 2 N–H and O–H groups in total. The van der Waals surface area contributed by atoms with Crippen LogP contribution in [0.15, 0.2) is 24.3 Å². The Morgan fingerprint density at radius 3 is 2.86 bits per heavy atom. The van der Waals surface area contributed by atoms with E-state index in [0.29, 0.717) is 11.3 Å². The van der Waals surface area contributed by atoms with Gasteiger partial charge >= 0.3 is 0 Å². The van der Waals surface area contributed by atoms with Gasteiger partial charge in [-0.05, 0) is 44.9 Å². The van der Waals surface area contributed by atoms with Crippen LogP contribution in [-0.4, -0.2) is 29.8 Å². The van der Waals surface area contributed by atoms with Crippen molar-refractivity contribution in [3.8, 4) is 5.75 Å². The summed E-state index contributed by atoms with van der Waals surface area (Å²) in [6.07, 6.45) is 4.25. The van der Waals surface area contributed by atoms with Gasteiger partial charge in [0, 0.05) is 24.1 Å². The van der Waals surface area contributed by atoms with Crippen molar-refractivity contribution >= 4 is 5.91 Å². The average Bonchev–Trinajstić information content (AvgIpc) is 2.47. The normalized spacial score (nSPS) is 22.1. The maximum atomic E-state index is 12.4. The Hall–Kier alpha value is -1.55. The van der Waals surface area contributed by atoms with Gasteiger partial charge in [0.2, 0.25) is 0 Å². The quantitative estimate of drug-likeness (QED) is 0.877. The van der Waals surface area contributed by atoms with E-state index in [2.05, 4.69) is 5.32 Å². The number of hydrogen-bond acceptors (Lipinski definition) is 3. The number of benzene rings is 1. The van der Waals surface area contributed by atoms with Crippen LogP contribution in [0, 0.1) is 5.92 Å². The Bertz CT molecular complexity index is 473. The molecular weight excluding hydrogens is 266 g/mol. The number of rotatable bonds is 5. The Morgan fingerprint density at radius 1 is 1.38 bits per heavy atom. The van der Waals surface area contributed by atoms with Gasteiger partial charge in [0.25, 0.3) is 5.91 Å². The summed E-state index contributed by atoms with van der Waals surface area (Å²) in [5.74, 6) is 0.798. The predicted octanol–water partition coefficient (Wildman–Crippen LogP) is 2.75. The molecule has 4 nitrogen and oxygen atoms in total. The molecule has 1 aliphatic carbocycles. The van der Waals surface area contributed by atoms with Crippen molar-refractivity contribution in [1.82, 2.24) is 5.32 Å². The zero-order chi connectivity index (χ0) is 15.2. The minimum atomic E-state index is -0.0884. The number of hydrogen-bond donors (Lipinski definition) is 2. The zero-order valence-electron chi connectivity index (χ0n) is 12.8. The number of aliphatic hydroxyl groups excluding tert-OH is 1. The number of carbonyl (C=O) groups excluding carboxylic acids is 1. The summed E-state index contributed by atoms with van der Waals surface area (Å²) in [6.45, 7) is 4.06. The van der Waals surface area contributed by atoms with E-state index in [-0.39, 0.29) is 30.6 Å². The lowest BCUT2D eigenvalue weighted by molar-refractivity contribution is 0.0872. The minimum absolute atomic E-state index is 0.0749. The number of nitrogens with one attached hydrogen (secondary N) is 1. The first-order chi connectivity index (χ1) is 10.1. The summed E-state index contributed by atoms with van der Waals surface area (Å²) < 4.78 is 5.62. The molecule has 1 amide bonds. The highest BCUT2D eigenvalue weighted by molar-refractivity contribution is 5.94. The third-order valence-electron chi connectivity index (χ3n) is 3.93. The lowest BCUT2D eigenvalue weighted by atomic mass is 9.85. The van der Waals surface area contributed by atoms with Crippen molar-refractivity contribution in [3.63, 3.8) is 0 Å². The van der Waals surface area contributed by atoms with Gasteiger partial charge in [-0.25, -0.2) is 0 Å². The minimum Gasteiger partial charge on any atom is -0.491 e. The molecule has 2 atom stereocenters. The molecule has 116 valence electrons. The highest BCUT2D eigenvalue weighted by atomic mass is 16.5. The molecule has 0 heterocycles. The van der Waals surface area contributed by atoms with Crippen molar-refractivity contribution in [2.45, 2.75) is 51.7 Å². The van der Waals surface area contributed by atoms with Gasteiger partial charge in [-0.1, -0.05) is 18.9 Å². The molecule has 0 aromatic heterocycles. The summed E-state index contributed by atoms with van der Waals surface area (Å²) in [5.41, 5.74) is 0.607. The maximum absolute atomic E-state index is 12.4. The number of ether oxygens (including phenoxy) is 1. The lowest BCUT2D eigenvalue weighted by Crippen LogP contribution is -2.43. The van der Waals surface area contributed by atoms with Gasteiger partial charge in [0.05, 0.1) is 6.10 Å². The molecule has 4 heteroatoms. The summed E-state index contributed by atoms with van der Waals surface area (Å²) in [7, 11) is 0. The van der Waals surface area contributed by atoms with Crippen molar-refractivity contribution in [3.05, 3.63) is 29.8 Å². The van der Waals surface area contributed by atoms with E-state index < -0.39 is 0 Å². The molecule has 1 aliphatic rings. The molecule has 0 radical (unpaired) electrons. The molecule has 1 aromatic rings. The Morgan fingerprint density at radius 2 is 2.14 bits per heavy atom. The Balaban J connectivity index is 2.02. The average molecular weight is 291 g/mol. The van der Waals surface area contributed by atoms with E-state index >= 15 is 0 Å². The van der Waals surface area contributed by atoms with Crippen molar-refractivity contribution in [2.75, 3.05) is 6.61 Å². The first kappa shape index (κ1) is 15.8. The van der Waals surface area contributed by atoms with E-state index in [1.54, 1.807) is 12.1 Å². The molecule has 1 aromatic carbocycles. The third kappa shape index (κ3) is 4.46. The van der Waals surface area contributed by atoms with Crippen LogP contribution in [0.4, 0.5) is 0 Å². The van der Waals surface area contributed by atoms with Crippen LogP contribution in [-0.2, 0) is 0 Å². The highest BCUT2D eigenvalue weighted by Crippen LogP contribution is 2.24. The second-order valence-corrected chi connectivity index (χ2v) is 6.00. The van der Waals surface area contributed by atoms with Crippen LogP contribution < -0.4 is 10.1 Å². The van der Waals surface area contributed by atoms with Crippen LogP contribution in [0.3, 0.4) is 0 Å². The number of amides is 1. The SMILES string of the molecule is CC(C)Oc1cccc(C(=O)NC2CCCCC2CO)c1. The second-order valence-electron chi connectivity index (χ2n) is 6.00. The van der Waals surface area contributed by atoms with Crippen molar-refractivity contribution in [1.29, 1.82) is 0 Å². The smallest absolute Gasteiger partial charge is 0.251 e. The fourth-order valence-electron chi connectivity index (χ4n) is 2.85. The number of aliphatic hydroxyl groups is 1. The van der Waals surface area contributed by atoms with Gasteiger partial charge in [-0.3, -0.25) is 4.79 Å². The van der Waals surface area contributed by atoms with E-state index in [1.807, 2.05) is 26.0 Å². The molecule has 21 heavy (non-hydrogen) atoms. The van der Waals surface area contributed by atoms with E-state index in [9.17, 15) is 9.90 Å². The second kappa shape index (κ2) is 7.46. The third-order valence-corrected chi connectivity index (χ3v) is 3.93. The van der Waals surface area contributed by atoms with Crippen LogP contribution in [0.5, 0.6) is 5.75 Å². The first-order valence-corrected chi connectivity index (χ1v) is 7.78.